The molecule has 1 heterocycles. The predicted octanol–water partition coefficient (Wildman–Crippen LogP) is 1.03. The number of likely N-dealkylation sites (N-methyl/N-ethyl adjacent to an activating group) is 1. The van der Waals surface area contributed by atoms with Crippen molar-refractivity contribution in [1.29, 1.82) is 0 Å². The maximum atomic E-state index is 12.3. The maximum absolute atomic E-state index is 12.3. The van der Waals surface area contributed by atoms with Gasteiger partial charge < -0.3 is 19.5 Å². The lowest BCUT2D eigenvalue weighted by Gasteiger charge is -2.35. The summed E-state index contributed by atoms with van der Waals surface area (Å²) in [5, 5.41) is 8.89. The van der Waals surface area contributed by atoms with Gasteiger partial charge in [0.1, 0.15) is 6.10 Å². The molecule has 0 aromatic heterocycles. The number of rotatable bonds is 4. The largest absolute Gasteiger partial charge is 0.479 e. The van der Waals surface area contributed by atoms with Gasteiger partial charge in [-0.15, -0.1) is 0 Å². The van der Waals surface area contributed by atoms with Crippen LogP contribution in [0.15, 0.2) is 0 Å². The van der Waals surface area contributed by atoms with Gasteiger partial charge in [-0.3, -0.25) is 4.79 Å². The lowest BCUT2D eigenvalue weighted by molar-refractivity contribution is -0.155. The number of carbonyl (C=O) groups is 2. The van der Waals surface area contributed by atoms with Crippen LogP contribution >= 0.6 is 0 Å². The molecule has 1 aliphatic carbocycles. The Kier molecular flexibility index (Phi) is 4.99. The summed E-state index contributed by atoms with van der Waals surface area (Å²) in [7, 11) is 3.51. The average Bonchev–Trinajstić information content (AvgIpc) is 2.96. The number of carbonyl (C=O) groups excluding carboxylic acids is 1. The van der Waals surface area contributed by atoms with E-state index in [0.717, 1.165) is 25.7 Å². The number of amides is 1. The number of nitrogens with zero attached hydrogens (tertiary/aromatic N) is 1. The molecule has 2 aliphatic rings. The fourth-order valence-corrected chi connectivity index (χ4v) is 3.08. The number of carboxylic acids is 1. The highest BCUT2D eigenvalue weighted by atomic mass is 16.5. The van der Waals surface area contributed by atoms with Gasteiger partial charge in [-0.25, -0.2) is 4.79 Å². The number of carboxylic acid groups (broad SMARTS) is 1. The Bertz CT molecular complexity index is 365. The zero-order valence-corrected chi connectivity index (χ0v) is 12.1. The second-order valence-electron chi connectivity index (χ2n) is 5.64. The third kappa shape index (κ3) is 3.30. The summed E-state index contributed by atoms with van der Waals surface area (Å²) in [5.41, 5.74) is 0. The average molecular weight is 285 g/mol. The van der Waals surface area contributed by atoms with Crippen molar-refractivity contribution in [2.75, 3.05) is 14.2 Å². The van der Waals surface area contributed by atoms with Crippen LogP contribution in [0.5, 0.6) is 0 Å². The van der Waals surface area contributed by atoms with Gasteiger partial charge >= 0.3 is 5.97 Å². The molecule has 1 saturated heterocycles. The Morgan fingerprint density at radius 3 is 2.20 bits per heavy atom. The predicted molar refractivity (Wildman–Crippen MR) is 71.4 cm³/mol. The third-order valence-corrected chi connectivity index (χ3v) is 4.44. The van der Waals surface area contributed by atoms with E-state index in [0.29, 0.717) is 18.9 Å². The molecular weight excluding hydrogens is 262 g/mol. The summed E-state index contributed by atoms with van der Waals surface area (Å²) in [4.78, 5) is 24.9. The molecule has 6 nitrogen and oxygen atoms in total. The molecule has 1 N–H and O–H groups in total. The SMILES string of the molecule is COC1CCC(N(C)C(=O)[C@@H]2CC[C@H](C(=O)O)O2)CC1. The molecule has 1 aliphatic heterocycles. The highest BCUT2D eigenvalue weighted by Gasteiger charge is 2.38. The second kappa shape index (κ2) is 6.54. The summed E-state index contributed by atoms with van der Waals surface area (Å²) < 4.78 is 10.6. The standard InChI is InChI=1S/C14H23NO5/c1-15(9-3-5-10(19-2)6-4-9)13(16)11-7-8-12(20-11)14(17)18/h9-12H,3-8H2,1-2H3,(H,17,18)/t9?,10?,11-,12+/m0/s1. The zero-order chi connectivity index (χ0) is 14.7. The Morgan fingerprint density at radius 2 is 1.70 bits per heavy atom. The normalized spacial score (nSPS) is 33.9. The van der Waals surface area contributed by atoms with Crippen molar-refractivity contribution in [3.8, 4) is 0 Å². The fraction of sp³-hybridized carbons (Fsp3) is 0.857. The Hall–Kier alpha value is -1.14. The van der Waals surface area contributed by atoms with Crippen LogP contribution in [0.3, 0.4) is 0 Å². The summed E-state index contributed by atoms with van der Waals surface area (Å²) in [6.07, 6.45) is 3.55. The molecule has 114 valence electrons. The minimum absolute atomic E-state index is 0.0883. The van der Waals surface area contributed by atoms with E-state index in [1.54, 1.807) is 19.1 Å². The van der Waals surface area contributed by atoms with Crippen LogP contribution in [0.4, 0.5) is 0 Å². The van der Waals surface area contributed by atoms with E-state index in [1.807, 2.05) is 0 Å². The molecular formula is C14H23NO5. The molecule has 6 heteroatoms. The summed E-state index contributed by atoms with van der Waals surface area (Å²) in [5.74, 6) is -1.07. The molecule has 2 fully saturated rings. The van der Waals surface area contributed by atoms with E-state index >= 15 is 0 Å². The molecule has 2 rings (SSSR count). The van der Waals surface area contributed by atoms with Crippen molar-refractivity contribution in [3.63, 3.8) is 0 Å². The summed E-state index contributed by atoms with van der Waals surface area (Å²) in [6.45, 7) is 0. The fourth-order valence-electron chi connectivity index (χ4n) is 3.08. The first-order valence-electron chi connectivity index (χ1n) is 7.20. The Labute approximate surface area is 119 Å². The number of hydrogen-bond acceptors (Lipinski definition) is 4. The minimum Gasteiger partial charge on any atom is -0.479 e. The molecule has 0 aromatic carbocycles. The first-order chi connectivity index (χ1) is 9.52. The molecule has 2 atom stereocenters. The smallest absolute Gasteiger partial charge is 0.332 e. The van der Waals surface area contributed by atoms with Crippen LogP contribution in [0.2, 0.25) is 0 Å². The van der Waals surface area contributed by atoms with Crippen molar-refractivity contribution < 1.29 is 24.2 Å². The van der Waals surface area contributed by atoms with Crippen LogP contribution in [0.25, 0.3) is 0 Å². The first kappa shape index (κ1) is 15.3. The minimum atomic E-state index is -0.983. The number of aliphatic carboxylic acids is 1. The van der Waals surface area contributed by atoms with Gasteiger partial charge in [0.05, 0.1) is 6.10 Å². The van der Waals surface area contributed by atoms with Crippen LogP contribution in [-0.4, -0.2) is 60.4 Å². The van der Waals surface area contributed by atoms with E-state index in [-0.39, 0.29) is 11.9 Å². The molecule has 0 aromatic rings. The van der Waals surface area contributed by atoms with Crippen molar-refractivity contribution in [3.05, 3.63) is 0 Å². The molecule has 0 spiro atoms. The zero-order valence-electron chi connectivity index (χ0n) is 12.1. The van der Waals surface area contributed by atoms with E-state index < -0.39 is 18.2 Å². The van der Waals surface area contributed by atoms with Gasteiger partial charge in [0.15, 0.2) is 6.10 Å². The Balaban J connectivity index is 1.85. The third-order valence-electron chi connectivity index (χ3n) is 4.44. The monoisotopic (exact) mass is 285 g/mol. The van der Waals surface area contributed by atoms with Crippen molar-refractivity contribution >= 4 is 11.9 Å². The highest BCUT2D eigenvalue weighted by molar-refractivity contribution is 5.82. The molecule has 20 heavy (non-hydrogen) atoms. The van der Waals surface area contributed by atoms with Gasteiger partial charge in [-0.2, -0.15) is 0 Å². The summed E-state index contributed by atoms with van der Waals surface area (Å²) in [6, 6.07) is 0.210. The van der Waals surface area contributed by atoms with E-state index in [1.165, 1.54) is 0 Å². The van der Waals surface area contributed by atoms with Crippen LogP contribution < -0.4 is 0 Å². The van der Waals surface area contributed by atoms with Crippen LogP contribution in [0, 0.1) is 0 Å². The van der Waals surface area contributed by atoms with Gasteiger partial charge in [-0.05, 0) is 38.5 Å². The summed E-state index contributed by atoms with van der Waals surface area (Å²) >= 11 is 0. The molecule has 0 bridgehead atoms. The molecule has 1 saturated carbocycles. The number of ether oxygens (including phenoxy) is 2. The topological polar surface area (TPSA) is 76.1 Å². The quantitative estimate of drug-likeness (QED) is 0.835. The van der Waals surface area contributed by atoms with Crippen molar-refractivity contribution in [2.45, 2.75) is 62.9 Å². The van der Waals surface area contributed by atoms with Crippen LogP contribution in [-0.2, 0) is 19.1 Å². The highest BCUT2D eigenvalue weighted by Crippen LogP contribution is 2.27. The van der Waals surface area contributed by atoms with E-state index in [2.05, 4.69) is 0 Å². The number of methoxy groups -OCH3 is 1. The van der Waals surface area contributed by atoms with Crippen LogP contribution in [0.1, 0.15) is 38.5 Å². The van der Waals surface area contributed by atoms with Gasteiger partial charge in [0.2, 0.25) is 0 Å². The van der Waals surface area contributed by atoms with E-state index in [9.17, 15) is 9.59 Å². The Morgan fingerprint density at radius 1 is 1.10 bits per heavy atom. The lowest BCUT2D eigenvalue weighted by atomic mass is 9.92. The number of hydrogen-bond donors (Lipinski definition) is 1. The van der Waals surface area contributed by atoms with Gasteiger partial charge in [0.25, 0.3) is 5.91 Å². The molecule has 1 amide bonds. The van der Waals surface area contributed by atoms with Gasteiger partial charge in [-0.1, -0.05) is 0 Å². The van der Waals surface area contributed by atoms with Crippen molar-refractivity contribution in [2.24, 2.45) is 0 Å². The molecule has 0 unspecified atom stereocenters. The lowest BCUT2D eigenvalue weighted by Crippen LogP contribution is -2.45. The second-order valence-corrected chi connectivity index (χ2v) is 5.64. The molecule has 0 radical (unpaired) electrons. The van der Waals surface area contributed by atoms with E-state index in [4.69, 9.17) is 14.6 Å². The van der Waals surface area contributed by atoms with Gasteiger partial charge in [0, 0.05) is 20.2 Å². The van der Waals surface area contributed by atoms with Crippen molar-refractivity contribution in [1.82, 2.24) is 4.90 Å². The maximum Gasteiger partial charge on any atom is 0.332 e. The first-order valence-corrected chi connectivity index (χ1v) is 7.20.